The van der Waals surface area contributed by atoms with Gasteiger partial charge in [-0.15, -0.1) is 11.8 Å². The Kier molecular flexibility index (Phi) is 5.53. The van der Waals surface area contributed by atoms with Crippen LogP contribution in [0, 0.1) is 0 Å². The lowest BCUT2D eigenvalue weighted by atomic mass is 10.3. The smallest absolute Gasteiger partial charge is 0.237 e. The number of rotatable bonds is 5. The predicted octanol–water partition coefficient (Wildman–Crippen LogP) is 4.47. The molecule has 0 spiro atoms. The fraction of sp³-hybridized carbons (Fsp3) is 0.188. The van der Waals surface area contributed by atoms with Crippen molar-refractivity contribution >= 4 is 35.0 Å². The first-order chi connectivity index (χ1) is 10.1. The molecule has 3 nitrogen and oxygen atoms in total. The maximum absolute atomic E-state index is 12.3. The summed E-state index contributed by atoms with van der Waals surface area (Å²) in [5, 5.41) is 3.26. The van der Waals surface area contributed by atoms with Gasteiger partial charge in [-0.1, -0.05) is 35.9 Å². The third-order valence-electron chi connectivity index (χ3n) is 2.87. The van der Waals surface area contributed by atoms with Gasteiger partial charge in [-0.05, 0) is 31.2 Å². The van der Waals surface area contributed by atoms with E-state index in [0.29, 0.717) is 16.5 Å². The highest BCUT2D eigenvalue weighted by molar-refractivity contribution is 8.00. The van der Waals surface area contributed by atoms with Crippen molar-refractivity contribution < 1.29 is 9.53 Å². The van der Waals surface area contributed by atoms with Gasteiger partial charge in [0.25, 0.3) is 0 Å². The Balaban J connectivity index is 2.05. The van der Waals surface area contributed by atoms with Crippen LogP contribution in [0.5, 0.6) is 5.75 Å². The Bertz CT molecular complexity index is 633. The van der Waals surface area contributed by atoms with Crippen molar-refractivity contribution in [1.29, 1.82) is 0 Å². The molecule has 0 bridgehead atoms. The zero-order valence-electron chi connectivity index (χ0n) is 11.8. The van der Waals surface area contributed by atoms with E-state index >= 15 is 0 Å². The van der Waals surface area contributed by atoms with Gasteiger partial charge in [0.15, 0.2) is 0 Å². The Hall–Kier alpha value is -1.65. The number of halogens is 1. The Morgan fingerprint density at radius 3 is 2.57 bits per heavy atom. The van der Waals surface area contributed by atoms with Crippen LogP contribution in [0.1, 0.15) is 6.92 Å². The van der Waals surface area contributed by atoms with E-state index in [1.165, 1.54) is 11.8 Å². The number of para-hydroxylation sites is 2. The second-order valence-corrected chi connectivity index (χ2v) is 6.17. The van der Waals surface area contributed by atoms with Gasteiger partial charge in [0.2, 0.25) is 5.91 Å². The molecule has 2 aromatic carbocycles. The lowest BCUT2D eigenvalue weighted by Gasteiger charge is -2.14. The topological polar surface area (TPSA) is 38.3 Å². The van der Waals surface area contributed by atoms with Crippen LogP contribution in [0.3, 0.4) is 0 Å². The number of hydrogen-bond acceptors (Lipinski definition) is 3. The third-order valence-corrected chi connectivity index (χ3v) is 4.49. The van der Waals surface area contributed by atoms with Crippen molar-refractivity contribution in [2.45, 2.75) is 17.1 Å². The molecule has 2 rings (SSSR count). The Morgan fingerprint density at radius 2 is 1.86 bits per heavy atom. The van der Waals surface area contributed by atoms with E-state index in [9.17, 15) is 4.79 Å². The van der Waals surface area contributed by atoms with Crippen molar-refractivity contribution in [2.24, 2.45) is 0 Å². The zero-order valence-corrected chi connectivity index (χ0v) is 13.4. The first-order valence-electron chi connectivity index (χ1n) is 6.47. The highest BCUT2D eigenvalue weighted by Gasteiger charge is 2.17. The number of ether oxygens (including phenoxy) is 1. The van der Waals surface area contributed by atoms with Crippen LogP contribution < -0.4 is 10.1 Å². The maximum Gasteiger partial charge on any atom is 0.237 e. The first-order valence-corrected chi connectivity index (χ1v) is 7.72. The summed E-state index contributed by atoms with van der Waals surface area (Å²) in [4.78, 5) is 13.2. The molecular formula is C16H16ClNO2S. The summed E-state index contributed by atoms with van der Waals surface area (Å²) < 4.78 is 5.22. The monoisotopic (exact) mass is 321 g/mol. The lowest BCUT2D eigenvalue weighted by Crippen LogP contribution is -2.22. The van der Waals surface area contributed by atoms with Crippen LogP contribution in [0.2, 0.25) is 5.02 Å². The van der Waals surface area contributed by atoms with Crippen molar-refractivity contribution in [3.05, 3.63) is 53.6 Å². The molecular weight excluding hydrogens is 306 g/mol. The molecule has 0 heterocycles. The number of methoxy groups -OCH3 is 1. The number of amides is 1. The number of thioether (sulfide) groups is 1. The lowest BCUT2D eigenvalue weighted by molar-refractivity contribution is -0.115. The molecule has 0 saturated carbocycles. The Morgan fingerprint density at radius 1 is 1.19 bits per heavy atom. The molecule has 0 aliphatic carbocycles. The second-order valence-electron chi connectivity index (χ2n) is 4.38. The molecule has 21 heavy (non-hydrogen) atoms. The van der Waals surface area contributed by atoms with E-state index in [1.807, 2.05) is 55.5 Å². The van der Waals surface area contributed by atoms with Gasteiger partial charge in [0, 0.05) is 4.90 Å². The van der Waals surface area contributed by atoms with Gasteiger partial charge in [0.1, 0.15) is 5.75 Å². The number of hydrogen-bond donors (Lipinski definition) is 1. The first kappa shape index (κ1) is 15.7. The van der Waals surface area contributed by atoms with E-state index in [2.05, 4.69) is 5.32 Å². The van der Waals surface area contributed by atoms with Crippen LogP contribution in [-0.4, -0.2) is 18.3 Å². The molecule has 0 aliphatic rings. The van der Waals surface area contributed by atoms with Gasteiger partial charge in [-0.25, -0.2) is 0 Å². The molecule has 1 N–H and O–H groups in total. The molecule has 1 atom stereocenters. The molecule has 0 saturated heterocycles. The quantitative estimate of drug-likeness (QED) is 0.826. The average Bonchev–Trinajstić information content (AvgIpc) is 2.50. The van der Waals surface area contributed by atoms with Gasteiger partial charge >= 0.3 is 0 Å². The zero-order chi connectivity index (χ0) is 15.2. The minimum Gasteiger partial charge on any atom is -0.495 e. The van der Waals surface area contributed by atoms with Crippen LogP contribution in [0.4, 0.5) is 5.69 Å². The number of nitrogens with one attached hydrogen (secondary N) is 1. The fourth-order valence-electron chi connectivity index (χ4n) is 1.77. The molecule has 1 amide bonds. The summed E-state index contributed by atoms with van der Waals surface area (Å²) >= 11 is 7.53. The number of anilines is 1. The van der Waals surface area contributed by atoms with Crippen molar-refractivity contribution in [1.82, 2.24) is 0 Å². The summed E-state index contributed by atoms with van der Waals surface area (Å²) in [5.41, 5.74) is 0.664. The Labute approximate surface area is 133 Å². The summed E-state index contributed by atoms with van der Waals surface area (Å²) in [6.45, 7) is 1.85. The molecule has 2 aromatic rings. The van der Waals surface area contributed by atoms with E-state index < -0.39 is 0 Å². The summed E-state index contributed by atoms with van der Waals surface area (Å²) in [5.74, 6) is 0.546. The fourth-order valence-corrected chi connectivity index (χ4v) is 2.92. The summed E-state index contributed by atoms with van der Waals surface area (Å²) in [6, 6.07) is 14.8. The van der Waals surface area contributed by atoms with Crippen LogP contribution in [0.15, 0.2) is 53.4 Å². The minimum atomic E-state index is -0.269. The molecule has 0 fully saturated rings. The summed E-state index contributed by atoms with van der Waals surface area (Å²) in [7, 11) is 1.58. The van der Waals surface area contributed by atoms with Gasteiger partial charge in [-0.3, -0.25) is 4.79 Å². The standard InChI is InChI=1S/C16H16ClNO2S/c1-11(21-15-10-6-3-7-12(15)17)16(19)18-13-8-4-5-9-14(13)20-2/h3-11H,1-2H3,(H,18,19). The highest BCUT2D eigenvalue weighted by Crippen LogP contribution is 2.31. The van der Waals surface area contributed by atoms with Crippen LogP contribution in [-0.2, 0) is 4.79 Å². The summed E-state index contributed by atoms with van der Waals surface area (Å²) in [6.07, 6.45) is 0. The molecule has 110 valence electrons. The second kappa shape index (κ2) is 7.38. The SMILES string of the molecule is COc1ccccc1NC(=O)C(C)Sc1ccccc1Cl. The third kappa shape index (κ3) is 4.16. The number of benzene rings is 2. The van der Waals surface area contributed by atoms with E-state index in [1.54, 1.807) is 7.11 Å². The molecule has 0 radical (unpaired) electrons. The molecule has 5 heteroatoms. The molecule has 1 unspecified atom stereocenters. The van der Waals surface area contributed by atoms with Crippen molar-refractivity contribution in [3.63, 3.8) is 0 Å². The largest absolute Gasteiger partial charge is 0.495 e. The van der Waals surface area contributed by atoms with Gasteiger partial charge in [0.05, 0.1) is 23.1 Å². The maximum atomic E-state index is 12.3. The van der Waals surface area contributed by atoms with Crippen LogP contribution >= 0.6 is 23.4 Å². The average molecular weight is 322 g/mol. The normalized spacial score (nSPS) is 11.8. The van der Waals surface area contributed by atoms with Gasteiger partial charge in [-0.2, -0.15) is 0 Å². The van der Waals surface area contributed by atoms with Crippen LogP contribution in [0.25, 0.3) is 0 Å². The number of carbonyl (C=O) groups is 1. The van der Waals surface area contributed by atoms with Crippen molar-refractivity contribution in [3.8, 4) is 5.75 Å². The van der Waals surface area contributed by atoms with Gasteiger partial charge < -0.3 is 10.1 Å². The highest BCUT2D eigenvalue weighted by atomic mass is 35.5. The van der Waals surface area contributed by atoms with E-state index in [0.717, 1.165) is 4.90 Å². The predicted molar refractivity (Wildman–Crippen MR) is 88.4 cm³/mol. The van der Waals surface area contributed by atoms with E-state index in [-0.39, 0.29) is 11.2 Å². The molecule has 0 aliphatic heterocycles. The minimum absolute atomic E-state index is 0.0931. The van der Waals surface area contributed by atoms with Crippen molar-refractivity contribution in [2.75, 3.05) is 12.4 Å². The number of carbonyl (C=O) groups excluding carboxylic acids is 1. The molecule has 0 aromatic heterocycles. The van der Waals surface area contributed by atoms with E-state index in [4.69, 9.17) is 16.3 Å².